The molecule has 1 unspecified atom stereocenters. The van der Waals surface area contributed by atoms with Crippen LogP contribution in [0.3, 0.4) is 0 Å². The van der Waals surface area contributed by atoms with Gasteiger partial charge >= 0.3 is 0 Å². The lowest BCUT2D eigenvalue weighted by molar-refractivity contribution is -0.146. The van der Waals surface area contributed by atoms with E-state index in [1.807, 2.05) is 23.6 Å². The molecule has 0 aliphatic carbocycles. The highest BCUT2D eigenvalue weighted by atomic mass is 19.3. The van der Waals surface area contributed by atoms with Crippen molar-refractivity contribution in [2.75, 3.05) is 39.3 Å². The van der Waals surface area contributed by atoms with Gasteiger partial charge in [0, 0.05) is 31.6 Å². The van der Waals surface area contributed by atoms with Gasteiger partial charge in [0.1, 0.15) is 0 Å². The fraction of sp³-hybridized carbons (Fsp3) is 0.955. The lowest BCUT2D eigenvalue weighted by atomic mass is 9.89. The average Bonchev–Trinajstić information content (AvgIpc) is 2.68. The van der Waals surface area contributed by atoms with E-state index in [2.05, 4.69) is 11.8 Å². The topological polar surface area (TPSA) is 26.8 Å². The second kappa shape index (κ2) is 9.38. The van der Waals surface area contributed by atoms with Gasteiger partial charge < -0.3 is 4.90 Å². The van der Waals surface area contributed by atoms with Crippen LogP contribution < -0.4 is 0 Å². The Labute approximate surface area is 169 Å². The highest BCUT2D eigenvalue weighted by Crippen LogP contribution is 2.36. The number of hydrogen-bond acceptors (Lipinski definition) is 3. The number of nitrogens with zero attached hydrogens (tertiary/aromatic N) is 3. The monoisotopic (exact) mass is 399 g/mol. The Hall–Kier alpha value is -0.750. The summed E-state index contributed by atoms with van der Waals surface area (Å²) in [6.45, 7) is 9.78. The van der Waals surface area contributed by atoms with Crippen LogP contribution in [0, 0.1) is 11.8 Å². The van der Waals surface area contributed by atoms with Crippen molar-refractivity contribution in [1.82, 2.24) is 14.7 Å². The van der Waals surface area contributed by atoms with Gasteiger partial charge in [-0.05, 0) is 51.1 Å². The van der Waals surface area contributed by atoms with Crippen molar-refractivity contribution in [3.8, 4) is 0 Å². The fourth-order valence-electron chi connectivity index (χ4n) is 5.49. The normalized spacial score (nSPS) is 28.8. The standard InChI is InChI=1S/C22H39F2N3O/c1-4-5-18-6-11-25(12-7-18)20-10-15-27(16-22(20,23)24)19-8-13-26(14-9-19)21(28)17(2)3/h17-20H,4-16H2,1-3H3. The van der Waals surface area contributed by atoms with Gasteiger partial charge in [-0.3, -0.25) is 14.6 Å². The number of carbonyl (C=O) groups is 1. The molecule has 0 spiro atoms. The Bertz CT molecular complexity index is 512. The molecule has 0 bridgehead atoms. The molecule has 0 radical (unpaired) electrons. The van der Waals surface area contributed by atoms with E-state index in [9.17, 15) is 4.79 Å². The maximum atomic E-state index is 15.1. The van der Waals surface area contributed by atoms with Crippen LogP contribution in [-0.2, 0) is 4.79 Å². The largest absolute Gasteiger partial charge is 0.342 e. The van der Waals surface area contributed by atoms with Gasteiger partial charge in [-0.15, -0.1) is 0 Å². The molecule has 162 valence electrons. The van der Waals surface area contributed by atoms with Crippen LogP contribution >= 0.6 is 0 Å². The predicted molar refractivity (Wildman–Crippen MR) is 109 cm³/mol. The van der Waals surface area contributed by atoms with Crippen molar-refractivity contribution in [2.24, 2.45) is 11.8 Å². The quantitative estimate of drug-likeness (QED) is 0.702. The van der Waals surface area contributed by atoms with Crippen LogP contribution in [0.5, 0.6) is 0 Å². The number of carbonyl (C=O) groups excluding carboxylic acids is 1. The Morgan fingerprint density at radius 3 is 2.11 bits per heavy atom. The summed E-state index contributed by atoms with van der Waals surface area (Å²) < 4.78 is 30.1. The minimum atomic E-state index is -2.64. The number of alkyl halides is 2. The van der Waals surface area contributed by atoms with Crippen molar-refractivity contribution in [3.63, 3.8) is 0 Å². The first kappa shape index (κ1) is 21.9. The lowest BCUT2D eigenvalue weighted by Crippen LogP contribution is -2.62. The number of halogens is 2. The Kier molecular flexibility index (Phi) is 7.35. The maximum absolute atomic E-state index is 15.1. The number of amides is 1. The predicted octanol–water partition coefficient (Wildman–Crippen LogP) is 3.86. The van der Waals surface area contributed by atoms with Crippen molar-refractivity contribution < 1.29 is 13.6 Å². The SMILES string of the molecule is CCCC1CCN(C2CCN(C3CCN(C(=O)C(C)C)CC3)CC2(F)F)CC1. The van der Waals surface area contributed by atoms with E-state index in [1.165, 1.54) is 12.8 Å². The van der Waals surface area contributed by atoms with Gasteiger partial charge in [0.15, 0.2) is 0 Å². The van der Waals surface area contributed by atoms with Crippen LogP contribution in [-0.4, -0.2) is 77.9 Å². The van der Waals surface area contributed by atoms with E-state index < -0.39 is 12.0 Å². The summed E-state index contributed by atoms with van der Waals surface area (Å²) in [7, 11) is 0. The highest BCUT2D eigenvalue weighted by molar-refractivity contribution is 5.78. The molecule has 3 aliphatic heterocycles. The summed E-state index contributed by atoms with van der Waals surface area (Å²) in [6, 6.07) is -0.396. The van der Waals surface area contributed by atoms with Crippen molar-refractivity contribution in [3.05, 3.63) is 0 Å². The molecule has 0 aromatic heterocycles. The summed E-state index contributed by atoms with van der Waals surface area (Å²) in [5, 5.41) is 0. The number of piperidine rings is 3. The number of rotatable bonds is 5. The summed E-state index contributed by atoms with van der Waals surface area (Å²) in [5.41, 5.74) is 0. The van der Waals surface area contributed by atoms with Gasteiger partial charge in [0.25, 0.3) is 5.92 Å². The van der Waals surface area contributed by atoms with E-state index in [4.69, 9.17) is 0 Å². The Morgan fingerprint density at radius 2 is 1.57 bits per heavy atom. The van der Waals surface area contributed by atoms with Gasteiger partial charge in [0.05, 0.1) is 12.6 Å². The molecule has 0 N–H and O–H groups in total. The molecule has 28 heavy (non-hydrogen) atoms. The third-order valence-corrected chi connectivity index (χ3v) is 7.16. The van der Waals surface area contributed by atoms with E-state index in [0.717, 1.165) is 51.2 Å². The fourth-order valence-corrected chi connectivity index (χ4v) is 5.49. The zero-order chi connectivity index (χ0) is 20.3. The molecule has 4 nitrogen and oxygen atoms in total. The maximum Gasteiger partial charge on any atom is 0.275 e. The molecule has 3 saturated heterocycles. The Balaban J connectivity index is 1.50. The molecular formula is C22H39F2N3O. The lowest BCUT2D eigenvalue weighted by Gasteiger charge is -2.48. The van der Waals surface area contributed by atoms with Gasteiger partial charge in [-0.2, -0.15) is 0 Å². The minimum absolute atomic E-state index is 0.0121. The average molecular weight is 400 g/mol. The zero-order valence-electron chi connectivity index (χ0n) is 18.0. The van der Waals surface area contributed by atoms with Crippen molar-refractivity contribution >= 4 is 5.91 Å². The van der Waals surface area contributed by atoms with Crippen LogP contribution in [0.25, 0.3) is 0 Å². The van der Waals surface area contributed by atoms with E-state index >= 15 is 8.78 Å². The molecule has 3 fully saturated rings. The summed E-state index contributed by atoms with van der Waals surface area (Å²) in [4.78, 5) is 18.2. The second-order valence-corrected chi connectivity index (χ2v) is 9.52. The summed E-state index contributed by atoms with van der Waals surface area (Å²) in [5.74, 6) is -1.71. The number of likely N-dealkylation sites (tertiary alicyclic amines) is 3. The van der Waals surface area contributed by atoms with Gasteiger partial charge in [0.2, 0.25) is 5.91 Å². The van der Waals surface area contributed by atoms with E-state index in [0.29, 0.717) is 19.5 Å². The molecule has 1 amide bonds. The molecule has 3 aliphatic rings. The minimum Gasteiger partial charge on any atom is -0.342 e. The molecular weight excluding hydrogens is 360 g/mol. The molecule has 6 heteroatoms. The molecule has 1 atom stereocenters. The van der Waals surface area contributed by atoms with E-state index in [1.54, 1.807) is 0 Å². The summed E-state index contributed by atoms with van der Waals surface area (Å²) >= 11 is 0. The molecule has 0 aromatic carbocycles. The van der Waals surface area contributed by atoms with Crippen LogP contribution in [0.2, 0.25) is 0 Å². The van der Waals surface area contributed by atoms with Crippen LogP contribution in [0.1, 0.15) is 65.7 Å². The van der Waals surface area contributed by atoms with Crippen LogP contribution in [0.15, 0.2) is 0 Å². The van der Waals surface area contributed by atoms with E-state index in [-0.39, 0.29) is 24.4 Å². The van der Waals surface area contributed by atoms with Crippen LogP contribution in [0.4, 0.5) is 8.78 Å². The third kappa shape index (κ3) is 5.05. The first-order chi connectivity index (χ1) is 13.3. The van der Waals surface area contributed by atoms with Crippen molar-refractivity contribution in [2.45, 2.75) is 83.7 Å². The highest BCUT2D eigenvalue weighted by Gasteiger charge is 2.49. The first-order valence-corrected chi connectivity index (χ1v) is 11.5. The van der Waals surface area contributed by atoms with Gasteiger partial charge in [-0.25, -0.2) is 8.78 Å². The molecule has 3 heterocycles. The smallest absolute Gasteiger partial charge is 0.275 e. The van der Waals surface area contributed by atoms with Crippen molar-refractivity contribution in [1.29, 1.82) is 0 Å². The molecule has 3 rings (SSSR count). The van der Waals surface area contributed by atoms with Gasteiger partial charge in [-0.1, -0.05) is 33.6 Å². The zero-order valence-corrected chi connectivity index (χ0v) is 18.0. The molecule has 0 aromatic rings. The third-order valence-electron chi connectivity index (χ3n) is 7.16. The first-order valence-electron chi connectivity index (χ1n) is 11.5. The summed E-state index contributed by atoms with van der Waals surface area (Å²) in [6.07, 6.45) is 6.79. The Morgan fingerprint density at radius 1 is 0.964 bits per heavy atom. The molecule has 0 saturated carbocycles. The second-order valence-electron chi connectivity index (χ2n) is 9.52. The number of hydrogen-bond donors (Lipinski definition) is 0.